The summed E-state index contributed by atoms with van der Waals surface area (Å²) in [7, 11) is 0. The Morgan fingerprint density at radius 2 is 1.89 bits per heavy atom. The number of anilines is 1. The number of carbonyl (C=O) groups is 3. The number of amides is 1. The number of Topliss-reactive ketones (excluding diaryl/α,β-unsaturated/α-hetero) is 1. The van der Waals surface area contributed by atoms with E-state index in [4.69, 9.17) is 26.3 Å². The Morgan fingerprint density at radius 3 is 2.54 bits per heavy atom. The lowest BCUT2D eigenvalue weighted by molar-refractivity contribution is -0.148. The largest absolute Gasteiger partial charge is 0.461 e. The fourth-order valence-corrected chi connectivity index (χ4v) is 5.45. The highest BCUT2D eigenvalue weighted by Gasteiger charge is 2.38. The van der Waals surface area contributed by atoms with Crippen molar-refractivity contribution >= 4 is 23.5 Å². The molecule has 0 aromatic carbocycles. The SMILES string of the molecule is CC1(C)CC(=O)c2c(CC3CC3)nn(-c3ncc(C(N)=O)c(NC4CCC(OC(=O)CN)CC4)n3)c2C1. The highest BCUT2D eigenvalue weighted by atomic mass is 16.5. The second-order valence-electron chi connectivity index (χ2n) is 11.4. The Morgan fingerprint density at radius 1 is 1.16 bits per heavy atom. The van der Waals surface area contributed by atoms with Crippen LogP contribution >= 0.6 is 0 Å². The Labute approximate surface area is 215 Å². The molecule has 0 aliphatic heterocycles. The quantitative estimate of drug-likeness (QED) is 0.451. The Kier molecular flexibility index (Phi) is 6.74. The van der Waals surface area contributed by atoms with Gasteiger partial charge in [-0.25, -0.2) is 9.67 Å². The summed E-state index contributed by atoms with van der Waals surface area (Å²) in [6.07, 6.45) is 8.35. The minimum atomic E-state index is -0.632. The molecule has 2 fully saturated rings. The van der Waals surface area contributed by atoms with Crippen LogP contribution in [0.4, 0.5) is 5.82 Å². The number of hydrogen-bond acceptors (Lipinski definition) is 9. The molecule has 2 aromatic rings. The normalized spacial score (nSPS) is 22.8. The molecule has 11 heteroatoms. The lowest BCUT2D eigenvalue weighted by atomic mass is 9.75. The van der Waals surface area contributed by atoms with Gasteiger partial charge in [0.2, 0.25) is 0 Å². The average molecular weight is 510 g/mol. The van der Waals surface area contributed by atoms with Gasteiger partial charge in [0.05, 0.1) is 29.1 Å². The first-order valence-corrected chi connectivity index (χ1v) is 13.1. The third kappa shape index (κ3) is 5.51. The fourth-order valence-electron chi connectivity index (χ4n) is 5.45. The monoisotopic (exact) mass is 509 g/mol. The van der Waals surface area contributed by atoms with Crippen LogP contribution in [-0.2, 0) is 22.4 Å². The van der Waals surface area contributed by atoms with Crippen LogP contribution in [0.15, 0.2) is 6.20 Å². The number of primary amides is 1. The van der Waals surface area contributed by atoms with Gasteiger partial charge in [-0.05, 0) is 62.7 Å². The minimum absolute atomic E-state index is 0.0196. The summed E-state index contributed by atoms with van der Waals surface area (Å²) in [6.45, 7) is 4.03. The van der Waals surface area contributed by atoms with E-state index in [1.165, 1.54) is 6.20 Å². The average Bonchev–Trinajstić information content (AvgIpc) is 3.59. The van der Waals surface area contributed by atoms with Crippen molar-refractivity contribution in [3.8, 4) is 5.95 Å². The molecule has 0 saturated heterocycles. The third-order valence-corrected chi connectivity index (χ3v) is 7.51. The number of esters is 1. The first kappa shape index (κ1) is 25.3. The number of nitrogens with one attached hydrogen (secondary N) is 1. The topological polar surface area (TPSA) is 168 Å². The van der Waals surface area contributed by atoms with Gasteiger partial charge in [0, 0.05) is 18.7 Å². The molecule has 2 saturated carbocycles. The lowest BCUT2D eigenvalue weighted by Gasteiger charge is -2.30. The summed E-state index contributed by atoms with van der Waals surface area (Å²) >= 11 is 0. The van der Waals surface area contributed by atoms with Crippen LogP contribution in [0.2, 0.25) is 0 Å². The summed E-state index contributed by atoms with van der Waals surface area (Å²) in [5.41, 5.74) is 13.3. The van der Waals surface area contributed by atoms with Gasteiger partial charge in [-0.1, -0.05) is 13.8 Å². The first-order valence-electron chi connectivity index (χ1n) is 13.1. The number of rotatable bonds is 8. The van der Waals surface area contributed by atoms with E-state index in [1.807, 2.05) is 0 Å². The summed E-state index contributed by atoms with van der Waals surface area (Å²) in [6, 6.07) is 0.0196. The molecule has 11 nitrogen and oxygen atoms in total. The van der Waals surface area contributed by atoms with E-state index in [0.717, 1.165) is 43.5 Å². The maximum atomic E-state index is 13.1. The van der Waals surface area contributed by atoms with Crippen LogP contribution in [0.25, 0.3) is 5.95 Å². The molecular formula is C26H35N7O4. The summed E-state index contributed by atoms with van der Waals surface area (Å²) in [4.78, 5) is 46.0. The van der Waals surface area contributed by atoms with Gasteiger partial charge in [0.25, 0.3) is 11.9 Å². The number of nitrogens with two attached hydrogens (primary N) is 2. The molecule has 3 aliphatic rings. The van der Waals surface area contributed by atoms with Crippen molar-refractivity contribution in [2.24, 2.45) is 22.8 Å². The van der Waals surface area contributed by atoms with Crippen molar-refractivity contribution in [1.82, 2.24) is 19.7 Å². The maximum Gasteiger partial charge on any atom is 0.319 e. The van der Waals surface area contributed by atoms with E-state index >= 15 is 0 Å². The molecule has 2 heterocycles. The first-order chi connectivity index (χ1) is 17.6. The third-order valence-electron chi connectivity index (χ3n) is 7.51. The Balaban J connectivity index is 1.43. The maximum absolute atomic E-state index is 13.1. The highest BCUT2D eigenvalue weighted by molar-refractivity contribution is 6.00. The molecular weight excluding hydrogens is 474 g/mol. The zero-order valence-electron chi connectivity index (χ0n) is 21.5. The van der Waals surface area contributed by atoms with Gasteiger partial charge in [0.15, 0.2) is 5.78 Å². The van der Waals surface area contributed by atoms with Gasteiger partial charge in [-0.2, -0.15) is 10.1 Å². The molecule has 0 bridgehead atoms. The fraction of sp³-hybridized carbons (Fsp3) is 0.615. The second kappa shape index (κ2) is 9.85. The van der Waals surface area contributed by atoms with Crippen LogP contribution < -0.4 is 16.8 Å². The summed E-state index contributed by atoms with van der Waals surface area (Å²) in [5.74, 6) is 0.305. The van der Waals surface area contributed by atoms with Crippen molar-refractivity contribution in [3.05, 3.63) is 28.7 Å². The predicted octanol–water partition coefficient (Wildman–Crippen LogP) is 2.09. The summed E-state index contributed by atoms with van der Waals surface area (Å²) < 4.78 is 7.05. The van der Waals surface area contributed by atoms with Crippen LogP contribution in [0.3, 0.4) is 0 Å². The van der Waals surface area contributed by atoms with Gasteiger partial charge in [-0.3, -0.25) is 14.4 Å². The van der Waals surface area contributed by atoms with Crippen LogP contribution in [0.5, 0.6) is 0 Å². The Hall–Kier alpha value is -3.34. The van der Waals surface area contributed by atoms with Gasteiger partial charge in [0.1, 0.15) is 11.9 Å². The van der Waals surface area contributed by atoms with Gasteiger partial charge < -0.3 is 21.5 Å². The van der Waals surface area contributed by atoms with E-state index in [-0.39, 0.29) is 35.5 Å². The Bertz CT molecular complexity index is 1230. The molecule has 3 aliphatic carbocycles. The van der Waals surface area contributed by atoms with E-state index < -0.39 is 11.9 Å². The van der Waals surface area contributed by atoms with Crippen molar-refractivity contribution in [3.63, 3.8) is 0 Å². The van der Waals surface area contributed by atoms with Crippen molar-refractivity contribution in [1.29, 1.82) is 0 Å². The highest BCUT2D eigenvalue weighted by Crippen LogP contribution is 2.40. The van der Waals surface area contributed by atoms with E-state index in [9.17, 15) is 14.4 Å². The molecule has 0 unspecified atom stereocenters. The molecule has 2 aromatic heterocycles. The number of aromatic nitrogens is 4. The molecule has 0 radical (unpaired) electrons. The lowest BCUT2D eigenvalue weighted by Crippen LogP contribution is -2.33. The summed E-state index contributed by atoms with van der Waals surface area (Å²) in [5, 5.41) is 8.19. The number of carbonyl (C=O) groups excluding carboxylic acids is 3. The second-order valence-corrected chi connectivity index (χ2v) is 11.4. The van der Waals surface area contributed by atoms with E-state index in [1.54, 1.807) is 4.68 Å². The van der Waals surface area contributed by atoms with Gasteiger partial charge >= 0.3 is 5.97 Å². The zero-order valence-corrected chi connectivity index (χ0v) is 21.5. The zero-order chi connectivity index (χ0) is 26.3. The molecule has 5 N–H and O–H groups in total. The van der Waals surface area contributed by atoms with Crippen LogP contribution in [0.1, 0.15) is 90.9 Å². The molecule has 37 heavy (non-hydrogen) atoms. The van der Waals surface area contributed by atoms with Gasteiger partial charge in [-0.15, -0.1) is 0 Å². The number of ether oxygens (including phenoxy) is 1. The van der Waals surface area contributed by atoms with Crippen molar-refractivity contribution in [2.75, 3.05) is 11.9 Å². The predicted molar refractivity (Wildman–Crippen MR) is 135 cm³/mol. The molecule has 0 atom stereocenters. The standard InChI is InChI=1S/C26H35N7O4/c1-26(2)10-19-22(20(34)11-26)18(9-14-3-4-14)32-33(19)25-29-13-17(23(28)36)24(31-25)30-15-5-7-16(8-6-15)37-21(35)12-27/h13-16H,3-12,27H2,1-2H3,(H2,28,36)(H,29,30,31). The molecule has 1 amide bonds. The van der Waals surface area contributed by atoms with E-state index in [2.05, 4.69) is 24.1 Å². The smallest absolute Gasteiger partial charge is 0.319 e. The molecule has 0 spiro atoms. The van der Waals surface area contributed by atoms with Crippen LogP contribution in [-0.4, -0.2) is 56.1 Å². The van der Waals surface area contributed by atoms with Crippen molar-refractivity contribution < 1.29 is 19.1 Å². The van der Waals surface area contributed by atoms with Crippen molar-refractivity contribution in [2.45, 2.75) is 83.8 Å². The van der Waals surface area contributed by atoms with E-state index in [0.29, 0.717) is 48.9 Å². The number of hydrogen-bond donors (Lipinski definition) is 3. The molecule has 5 rings (SSSR count). The molecule has 198 valence electrons. The number of fused-ring (bicyclic) bond motifs is 1. The minimum Gasteiger partial charge on any atom is -0.461 e. The van der Waals surface area contributed by atoms with Crippen LogP contribution in [0, 0.1) is 11.3 Å². The number of ketones is 1. The number of nitrogens with zero attached hydrogens (tertiary/aromatic N) is 4.